The van der Waals surface area contributed by atoms with Crippen LogP contribution in [0.15, 0.2) is 0 Å². The zero-order chi connectivity index (χ0) is 13.0. The lowest BCUT2D eigenvalue weighted by Crippen LogP contribution is -2.10. The average molecular weight is 333 g/mol. The summed E-state index contributed by atoms with van der Waals surface area (Å²) in [5, 5.41) is 0.816. The maximum absolute atomic E-state index is 12.0. The Kier molecular flexibility index (Phi) is 12.0. The number of rotatable bonds is 12. The van der Waals surface area contributed by atoms with E-state index in [-0.39, 0.29) is 6.16 Å². The lowest BCUT2D eigenvalue weighted by atomic mass is 10.7. The molecule has 0 fully saturated rings. The minimum atomic E-state index is -2.95. The molecule has 0 bridgehead atoms. The molecular formula is C10H22BrO5P. The molecule has 17 heavy (non-hydrogen) atoms. The average Bonchev–Trinajstić information content (AvgIpc) is 2.28. The molecule has 0 rings (SSSR count). The second kappa shape index (κ2) is 11.6. The first-order valence-electron chi connectivity index (χ1n) is 5.78. The van der Waals surface area contributed by atoms with Gasteiger partial charge in [0.05, 0.1) is 45.8 Å². The molecule has 104 valence electrons. The Morgan fingerprint density at radius 2 is 1.47 bits per heavy atom. The van der Waals surface area contributed by atoms with E-state index in [1.165, 1.54) is 0 Å². The third-order valence-corrected chi connectivity index (χ3v) is 4.11. The molecule has 0 aromatic heterocycles. The Balaban J connectivity index is 3.58. The Bertz CT molecular complexity index is 205. The second-order valence-electron chi connectivity index (χ2n) is 3.08. The summed E-state index contributed by atoms with van der Waals surface area (Å²) in [5.74, 6) is 0. The summed E-state index contributed by atoms with van der Waals surface area (Å²) in [5.41, 5.74) is 0. The van der Waals surface area contributed by atoms with Crippen LogP contribution in [-0.4, -0.2) is 51.1 Å². The summed E-state index contributed by atoms with van der Waals surface area (Å²) in [6.45, 7) is 6.40. The maximum atomic E-state index is 12.0. The predicted molar refractivity (Wildman–Crippen MR) is 71.2 cm³/mol. The van der Waals surface area contributed by atoms with Crippen LogP contribution in [0.1, 0.15) is 13.8 Å². The molecular weight excluding hydrogens is 311 g/mol. The summed E-state index contributed by atoms with van der Waals surface area (Å²) in [4.78, 5) is 0. The summed E-state index contributed by atoms with van der Waals surface area (Å²) in [6.07, 6.45) is 0.285. The lowest BCUT2D eigenvalue weighted by molar-refractivity contribution is 0.0583. The molecule has 0 N–H and O–H groups in total. The van der Waals surface area contributed by atoms with Gasteiger partial charge in [-0.3, -0.25) is 4.57 Å². The molecule has 0 spiro atoms. The number of ether oxygens (including phenoxy) is 2. The molecule has 0 aromatic carbocycles. The van der Waals surface area contributed by atoms with Crippen LogP contribution in [0, 0.1) is 0 Å². The standard InChI is InChI=1S/C10H22BrO5P/c1-3-15-17(12,16-4-2)10-9-14-8-7-13-6-5-11/h3-10H2,1-2H3. The zero-order valence-corrected chi connectivity index (χ0v) is 13.0. The van der Waals surface area contributed by atoms with E-state index in [0.717, 1.165) is 5.33 Å². The Morgan fingerprint density at radius 3 is 1.94 bits per heavy atom. The third kappa shape index (κ3) is 10.2. The van der Waals surface area contributed by atoms with Crippen molar-refractivity contribution in [3.63, 3.8) is 0 Å². The van der Waals surface area contributed by atoms with E-state index in [4.69, 9.17) is 18.5 Å². The van der Waals surface area contributed by atoms with E-state index < -0.39 is 7.60 Å². The van der Waals surface area contributed by atoms with Crippen molar-refractivity contribution in [3.05, 3.63) is 0 Å². The van der Waals surface area contributed by atoms with E-state index in [1.807, 2.05) is 0 Å². The first-order chi connectivity index (χ1) is 8.18. The van der Waals surface area contributed by atoms with Gasteiger partial charge in [0.25, 0.3) is 0 Å². The fourth-order valence-electron chi connectivity index (χ4n) is 1.11. The van der Waals surface area contributed by atoms with Crippen LogP contribution in [0.3, 0.4) is 0 Å². The van der Waals surface area contributed by atoms with Crippen molar-refractivity contribution in [2.24, 2.45) is 0 Å². The van der Waals surface area contributed by atoms with Crippen LogP contribution in [0.5, 0.6) is 0 Å². The summed E-state index contributed by atoms with van der Waals surface area (Å²) >= 11 is 3.26. The third-order valence-electron chi connectivity index (χ3n) is 1.75. The maximum Gasteiger partial charge on any atom is 0.332 e. The van der Waals surface area contributed by atoms with Crippen molar-refractivity contribution in [1.82, 2.24) is 0 Å². The van der Waals surface area contributed by atoms with Crippen LogP contribution in [0.25, 0.3) is 0 Å². The molecule has 0 aliphatic heterocycles. The van der Waals surface area contributed by atoms with Crippen LogP contribution < -0.4 is 0 Å². The number of halogens is 1. The highest BCUT2D eigenvalue weighted by Crippen LogP contribution is 2.47. The largest absolute Gasteiger partial charge is 0.378 e. The number of hydrogen-bond donors (Lipinski definition) is 0. The van der Waals surface area contributed by atoms with Gasteiger partial charge in [-0.1, -0.05) is 15.9 Å². The predicted octanol–water partition coefficient (Wildman–Crippen LogP) is 2.68. The summed E-state index contributed by atoms with van der Waals surface area (Å²) in [7, 11) is -2.95. The molecule has 5 nitrogen and oxygen atoms in total. The van der Waals surface area contributed by atoms with Gasteiger partial charge in [-0.15, -0.1) is 0 Å². The molecule has 0 aromatic rings. The topological polar surface area (TPSA) is 54.0 Å². The van der Waals surface area contributed by atoms with Crippen molar-refractivity contribution < 1.29 is 23.1 Å². The summed E-state index contributed by atoms with van der Waals surface area (Å²) < 4.78 is 32.8. The van der Waals surface area contributed by atoms with Crippen molar-refractivity contribution in [2.75, 3.05) is 51.1 Å². The zero-order valence-electron chi connectivity index (χ0n) is 10.5. The Labute approximate surface area is 112 Å². The fraction of sp³-hybridized carbons (Fsp3) is 1.00. The van der Waals surface area contributed by atoms with Gasteiger partial charge in [-0.05, 0) is 13.8 Å². The van der Waals surface area contributed by atoms with E-state index in [2.05, 4.69) is 15.9 Å². The molecule has 7 heteroatoms. The van der Waals surface area contributed by atoms with E-state index in [9.17, 15) is 4.57 Å². The van der Waals surface area contributed by atoms with Crippen molar-refractivity contribution in [3.8, 4) is 0 Å². The van der Waals surface area contributed by atoms with Gasteiger partial charge in [0.2, 0.25) is 0 Å². The molecule has 0 radical (unpaired) electrons. The normalized spacial score (nSPS) is 11.9. The van der Waals surface area contributed by atoms with Crippen molar-refractivity contribution in [1.29, 1.82) is 0 Å². The van der Waals surface area contributed by atoms with Gasteiger partial charge >= 0.3 is 7.60 Å². The van der Waals surface area contributed by atoms with Gasteiger partial charge in [0.15, 0.2) is 0 Å². The lowest BCUT2D eigenvalue weighted by Gasteiger charge is -2.16. The molecule has 0 atom stereocenters. The molecule has 0 aliphatic rings. The highest BCUT2D eigenvalue weighted by molar-refractivity contribution is 9.09. The Hall–Kier alpha value is 0.550. The molecule has 0 heterocycles. The van der Waals surface area contributed by atoms with Gasteiger partial charge in [-0.25, -0.2) is 0 Å². The van der Waals surface area contributed by atoms with E-state index >= 15 is 0 Å². The summed E-state index contributed by atoms with van der Waals surface area (Å²) in [6, 6.07) is 0. The molecule has 0 unspecified atom stereocenters. The SMILES string of the molecule is CCOP(=O)(CCOCCOCCBr)OCC. The first-order valence-corrected chi connectivity index (χ1v) is 8.63. The smallest absolute Gasteiger partial charge is 0.332 e. The minimum Gasteiger partial charge on any atom is -0.378 e. The van der Waals surface area contributed by atoms with Gasteiger partial charge in [0, 0.05) is 5.33 Å². The first kappa shape index (κ1) is 17.6. The van der Waals surface area contributed by atoms with Crippen LogP contribution >= 0.6 is 23.5 Å². The van der Waals surface area contributed by atoms with Crippen LogP contribution in [0.4, 0.5) is 0 Å². The van der Waals surface area contributed by atoms with Gasteiger partial charge < -0.3 is 18.5 Å². The van der Waals surface area contributed by atoms with Crippen LogP contribution in [0.2, 0.25) is 0 Å². The Morgan fingerprint density at radius 1 is 0.941 bits per heavy atom. The number of alkyl halides is 1. The monoisotopic (exact) mass is 332 g/mol. The highest BCUT2D eigenvalue weighted by atomic mass is 79.9. The molecule has 0 saturated heterocycles. The second-order valence-corrected chi connectivity index (χ2v) is 6.06. The quantitative estimate of drug-likeness (QED) is 0.312. The fourth-order valence-corrected chi connectivity index (χ4v) is 2.81. The number of hydrogen-bond acceptors (Lipinski definition) is 5. The van der Waals surface area contributed by atoms with Crippen molar-refractivity contribution in [2.45, 2.75) is 13.8 Å². The van der Waals surface area contributed by atoms with E-state index in [0.29, 0.717) is 39.6 Å². The highest BCUT2D eigenvalue weighted by Gasteiger charge is 2.22. The molecule has 0 aliphatic carbocycles. The van der Waals surface area contributed by atoms with E-state index in [1.54, 1.807) is 13.8 Å². The molecule has 0 amide bonds. The van der Waals surface area contributed by atoms with Crippen molar-refractivity contribution >= 4 is 23.5 Å². The van der Waals surface area contributed by atoms with Crippen LogP contribution in [-0.2, 0) is 23.1 Å². The minimum absolute atomic E-state index is 0.285. The van der Waals surface area contributed by atoms with Gasteiger partial charge in [-0.2, -0.15) is 0 Å². The van der Waals surface area contributed by atoms with Gasteiger partial charge in [0.1, 0.15) is 0 Å². The molecule has 0 saturated carbocycles.